The lowest BCUT2D eigenvalue weighted by atomic mass is 10.0. The largest absolute Gasteiger partial charge is 0.494 e. The normalized spacial score (nSPS) is 18.9. The molecule has 3 saturated carbocycles. The van der Waals surface area contributed by atoms with Gasteiger partial charge in [-0.1, -0.05) is 114 Å². The van der Waals surface area contributed by atoms with Gasteiger partial charge in [0.15, 0.2) is 23.1 Å². The van der Waals surface area contributed by atoms with Crippen molar-refractivity contribution in [1.29, 1.82) is 0 Å². The second kappa shape index (κ2) is 36.9. The summed E-state index contributed by atoms with van der Waals surface area (Å²) in [6.07, 6.45) is 28.9. The fraction of sp³-hybridized carbons (Fsp3) is 0.587. The number of halogens is 2. The first-order valence-electron chi connectivity index (χ1n) is 37.2. The maximum Gasteiger partial charge on any atom is 0.233 e. The zero-order valence-electron chi connectivity index (χ0n) is 60.2. The predicted octanol–water partition coefficient (Wildman–Crippen LogP) is 14.7. The predicted molar refractivity (Wildman–Crippen MR) is 401 cm³/mol. The number of piperidine rings is 2. The lowest BCUT2D eigenvalue weighted by molar-refractivity contribution is 0.252. The molecule has 4 aromatic carbocycles. The number of hydrogen-bond donors (Lipinski definition) is 7. The Morgan fingerprint density at radius 3 is 1.23 bits per heavy atom. The molecule has 7 N–H and O–H groups in total. The van der Waals surface area contributed by atoms with Gasteiger partial charge < -0.3 is 66.3 Å². The molecule has 3 saturated heterocycles. The Bertz CT molecular complexity index is 3650. The molecule has 23 nitrogen and oxygen atoms in total. The van der Waals surface area contributed by atoms with Crippen LogP contribution in [0.2, 0.25) is 0 Å². The fourth-order valence-electron chi connectivity index (χ4n) is 14.7. The molecule has 100 heavy (non-hydrogen) atoms. The van der Waals surface area contributed by atoms with Crippen molar-refractivity contribution in [1.82, 2.24) is 59.6 Å². The third kappa shape index (κ3) is 21.4. The minimum Gasteiger partial charge on any atom is -0.494 e. The minimum absolute atomic E-state index is 0.200. The number of ether oxygens (including phenoxy) is 2. The van der Waals surface area contributed by atoms with Crippen molar-refractivity contribution >= 4 is 81.4 Å². The number of nitrogens with zero attached hydrogens (tertiary/aromatic N) is 14. The van der Waals surface area contributed by atoms with Gasteiger partial charge in [0.05, 0.1) is 14.2 Å². The summed E-state index contributed by atoms with van der Waals surface area (Å²) < 4.78 is 38.4. The van der Waals surface area contributed by atoms with Crippen LogP contribution in [-0.2, 0) is 0 Å². The number of likely N-dealkylation sites (N-methyl/N-ethyl adjacent to an activating group) is 1. The maximum atomic E-state index is 14.2. The van der Waals surface area contributed by atoms with E-state index in [-0.39, 0.29) is 11.5 Å². The van der Waals surface area contributed by atoms with Crippen molar-refractivity contribution in [3.05, 3.63) is 90.5 Å². The summed E-state index contributed by atoms with van der Waals surface area (Å²) >= 11 is 0. The van der Waals surface area contributed by atoms with Crippen molar-refractivity contribution in [3.8, 4) is 11.5 Å². The third-order valence-electron chi connectivity index (χ3n) is 20.8. The zero-order valence-corrected chi connectivity index (χ0v) is 60.2. The summed E-state index contributed by atoms with van der Waals surface area (Å²) in [5, 5.41) is 26.3. The third-order valence-corrected chi connectivity index (χ3v) is 20.8. The number of hydrogen-bond acceptors (Lipinski definition) is 23. The van der Waals surface area contributed by atoms with Crippen molar-refractivity contribution < 1.29 is 18.3 Å². The molecule has 0 bridgehead atoms. The highest BCUT2D eigenvalue weighted by Crippen LogP contribution is 2.31. The summed E-state index contributed by atoms with van der Waals surface area (Å²) in [5.41, 5.74) is 2.10. The lowest BCUT2D eigenvalue weighted by Crippen LogP contribution is -2.42. The van der Waals surface area contributed by atoms with Crippen LogP contribution in [0.4, 0.5) is 79.4 Å². The molecule has 6 aliphatic rings. The second-order valence-corrected chi connectivity index (χ2v) is 28.1. The van der Waals surface area contributed by atoms with E-state index in [9.17, 15) is 8.78 Å². The number of anilines is 12. The molecule has 6 fully saturated rings. The quantitative estimate of drug-likeness (QED) is 0.0313. The first-order valence-corrected chi connectivity index (χ1v) is 37.2. The highest BCUT2D eigenvalue weighted by atomic mass is 19.1. The SMILES string of the molecule is CCN1CCCC1CNc1nc(Nc2ccc(OC)c(F)c2)nc(NC2CCCCCC2)n1.CN1CCC(N(C)c2nc(Nc3ccc4ccccc4c3)nc(NC3CCCCCC3)n2)CC1.COc1ccc(Nc2nc(NC3CCCCCC3)nc(N(C)C3CCN(C)CC3)n2)cc1F. The molecule has 13 rings (SSSR count). The molecule has 7 aromatic rings. The number of likely N-dealkylation sites (tertiary alicyclic amines) is 3. The first-order chi connectivity index (χ1) is 48.8. The van der Waals surface area contributed by atoms with Crippen LogP contribution in [0.5, 0.6) is 11.5 Å². The molecule has 1 unspecified atom stereocenters. The van der Waals surface area contributed by atoms with E-state index >= 15 is 0 Å². The minimum atomic E-state index is -0.437. The Morgan fingerprint density at radius 2 is 0.800 bits per heavy atom. The van der Waals surface area contributed by atoms with Crippen molar-refractivity contribution in [2.75, 3.05) is 135 Å². The van der Waals surface area contributed by atoms with Crippen LogP contribution in [0.1, 0.15) is 161 Å². The van der Waals surface area contributed by atoms with Gasteiger partial charge in [0.25, 0.3) is 0 Å². The zero-order chi connectivity index (χ0) is 69.6. The average Bonchev–Trinajstić information content (AvgIpc) is 1.95. The molecule has 0 amide bonds. The van der Waals surface area contributed by atoms with Crippen molar-refractivity contribution in [2.24, 2.45) is 0 Å². The molecule has 3 aliphatic carbocycles. The van der Waals surface area contributed by atoms with Crippen LogP contribution in [0, 0.1) is 11.6 Å². The summed E-state index contributed by atoms with van der Waals surface area (Å²) in [4.78, 5) is 54.1. The van der Waals surface area contributed by atoms with Crippen molar-refractivity contribution in [3.63, 3.8) is 0 Å². The number of rotatable bonds is 22. The number of nitrogens with one attached hydrogen (secondary N) is 7. The molecule has 1 atom stereocenters. The number of methoxy groups -OCH3 is 2. The second-order valence-electron chi connectivity index (χ2n) is 28.1. The maximum absolute atomic E-state index is 14.2. The Labute approximate surface area is 591 Å². The van der Waals surface area contributed by atoms with Crippen molar-refractivity contribution in [2.45, 2.75) is 197 Å². The summed E-state index contributed by atoms with van der Waals surface area (Å²) in [6.45, 7) is 9.51. The number of benzene rings is 4. The van der Waals surface area contributed by atoms with E-state index in [1.807, 2.05) is 0 Å². The molecular formula is C75H109F2N21O2. The molecule has 25 heteroatoms. The van der Waals surface area contributed by atoms with Crippen LogP contribution in [0.25, 0.3) is 10.8 Å². The van der Waals surface area contributed by atoms with Gasteiger partial charge >= 0.3 is 0 Å². The first kappa shape index (κ1) is 72.9. The van der Waals surface area contributed by atoms with E-state index in [4.69, 9.17) is 34.4 Å². The molecule has 6 heterocycles. The topological polar surface area (TPSA) is 235 Å². The van der Waals surface area contributed by atoms with Gasteiger partial charge in [-0.3, -0.25) is 4.90 Å². The molecule has 3 aliphatic heterocycles. The monoisotopic (exact) mass is 1370 g/mol. The molecule has 0 radical (unpaired) electrons. The van der Waals surface area contributed by atoms with E-state index in [0.29, 0.717) is 95.2 Å². The summed E-state index contributed by atoms with van der Waals surface area (Å²) in [6, 6.07) is 26.7. The molecule has 0 spiro atoms. The van der Waals surface area contributed by atoms with Gasteiger partial charge in [0.1, 0.15) is 0 Å². The van der Waals surface area contributed by atoms with Gasteiger partial charge in [0, 0.05) is 86.1 Å². The lowest BCUT2D eigenvalue weighted by Gasteiger charge is -2.35. The van der Waals surface area contributed by atoms with E-state index in [1.165, 1.54) is 140 Å². The number of fused-ring (bicyclic) bond motifs is 1. The van der Waals surface area contributed by atoms with E-state index in [2.05, 4.69) is 159 Å². The smallest absolute Gasteiger partial charge is 0.233 e. The van der Waals surface area contributed by atoms with E-state index in [1.54, 1.807) is 24.3 Å². The molecule has 3 aromatic heterocycles. The average molecular weight is 1370 g/mol. The van der Waals surface area contributed by atoms with Crippen LogP contribution >= 0.6 is 0 Å². The highest BCUT2D eigenvalue weighted by molar-refractivity contribution is 5.86. The van der Waals surface area contributed by atoms with Gasteiger partial charge in [-0.2, -0.15) is 44.9 Å². The van der Waals surface area contributed by atoms with Crippen LogP contribution < -0.4 is 56.5 Å². The van der Waals surface area contributed by atoms with Crippen LogP contribution in [0.15, 0.2) is 78.9 Å². The Hall–Kier alpha value is -8.29. The van der Waals surface area contributed by atoms with Gasteiger partial charge in [-0.05, 0) is 178 Å². The van der Waals surface area contributed by atoms with E-state index < -0.39 is 11.6 Å². The Kier molecular flexibility index (Phi) is 26.9. The van der Waals surface area contributed by atoms with Crippen LogP contribution in [-0.4, -0.2) is 184 Å². The Balaban J connectivity index is 0.000000151. The van der Waals surface area contributed by atoms with E-state index in [0.717, 1.165) is 109 Å². The van der Waals surface area contributed by atoms with Crippen LogP contribution in [0.3, 0.4) is 0 Å². The standard InChI is InChI=1S/C27H37N7.2C24H36FN7O/c1-33-17-15-24(16-18-33)34(2)27-31-25(28-22-11-5-3-4-6-12-22)30-26(32-27)29-23-14-13-20-9-7-8-10-21(20)19-23;1-31-14-12-19(13-15-31)32(2)24-29-22(26-17-8-6-4-5-7-9-17)28-23(30-24)27-18-10-11-21(33-3)20(25)16-18;1-3-32-14-8-11-19(32)16-26-22-29-23(27-17-9-6-4-5-7-10-17)31-24(30-22)28-18-12-13-21(33-2)20(25)15-18/h7-10,13-14,19,22,24H,3-6,11-12,15-18H2,1-2H3,(H2,28,29,30,31,32);10-11,16-17,19H,4-9,12-15H2,1-3H3,(H2,26,27,28,29,30);12-13,15,17,19H,3-11,14,16H2,1-2H3,(H3,26,27,28,29,30,31). The highest BCUT2D eigenvalue weighted by Gasteiger charge is 2.28. The molecule has 540 valence electrons. The van der Waals surface area contributed by atoms with Gasteiger partial charge in [-0.15, -0.1) is 0 Å². The summed E-state index contributed by atoms with van der Waals surface area (Å²) in [5.74, 6) is 4.61. The Morgan fingerprint density at radius 1 is 0.420 bits per heavy atom. The number of aromatic nitrogens is 9. The van der Waals surface area contributed by atoms with Gasteiger partial charge in [0.2, 0.25) is 53.5 Å². The van der Waals surface area contributed by atoms with Gasteiger partial charge in [-0.25, -0.2) is 8.78 Å². The summed E-state index contributed by atoms with van der Waals surface area (Å²) in [7, 11) is 11.4. The fourth-order valence-corrected chi connectivity index (χ4v) is 14.7. The molecular weight excluding hydrogens is 1260 g/mol.